The molecule has 0 aliphatic carbocycles. The van der Waals surface area contributed by atoms with E-state index in [0.717, 1.165) is 12.8 Å². The van der Waals surface area contributed by atoms with Crippen LogP contribution in [0.15, 0.2) is 54.7 Å². The number of carboxylic acids is 1. The van der Waals surface area contributed by atoms with Crippen LogP contribution in [0.2, 0.25) is 0 Å². The van der Waals surface area contributed by atoms with E-state index in [1.807, 2.05) is 18.2 Å². The molecule has 2 aromatic heterocycles. The first kappa shape index (κ1) is 22.5. The SMILES string of the molecule is CCCCCCCC(CNC(=O)c1cccc2nc(CC(=O)O)cn12)c1ccccc1. The van der Waals surface area contributed by atoms with E-state index in [1.54, 1.807) is 28.8 Å². The number of hydrogen-bond donors (Lipinski definition) is 2. The van der Waals surface area contributed by atoms with Crippen molar-refractivity contribution in [1.82, 2.24) is 14.7 Å². The second-order valence-corrected chi connectivity index (χ2v) is 7.96. The van der Waals surface area contributed by atoms with Crippen molar-refractivity contribution in [3.05, 3.63) is 71.7 Å². The molecule has 2 heterocycles. The molecule has 164 valence electrons. The number of imidazole rings is 1. The minimum atomic E-state index is -0.945. The van der Waals surface area contributed by atoms with Crippen LogP contribution in [0, 0.1) is 0 Å². The van der Waals surface area contributed by atoms with Crippen molar-refractivity contribution >= 4 is 17.5 Å². The number of fused-ring (bicyclic) bond motifs is 1. The average molecular weight is 422 g/mol. The van der Waals surface area contributed by atoms with E-state index < -0.39 is 5.97 Å². The van der Waals surface area contributed by atoms with E-state index >= 15 is 0 Å². The second-order valence-electron chi connectivity index (χ2n) is 7.96. The van der Waals surface area contributed by atoms with Gasteiger partial charge in [0.1, 0.15) is 11.3 Å². The lowest BCUT2D eigenvalue weighted by molar-refractivity contribution is -0.136. The van der Waals surface area contributed by atoms with E-state index in [2.05, 4.69) is 29.4 Å². The van der Waals surface area contributed by atoms with Crippen LogP contribution in [0.1, 0.15) is 73.1 Å². The maximum atomic E-state index is 13.0. The Bertz CT molecular complexity index is 998. The number of amides is 1. The maximum Gasteiger partial charge on any atom is 0.309 e. The number of carbonyl (C=O) groups is 2. The second kappa shape index (κ2) is 11.3. The third kappa shape index (κ3) is 6.41. The molecule has 31 heavy (non-hydrogen) atoms. The summed E-state index contributed by atoms with van der Waals surface area (Å²) in [7, 11) is 0. The number of carboxylic acid groups (broad SMARTS) is 1. The van der Waals surface area contributed by atoms with Crippen molar-refractivity contribution in [2.75, 3.05) is 6.54 Å². The number of aromatic nitrogens is 2. The maximum absolute atomic E-state index is 13.0. The van der Waals surface area contributed by atoms with Gasteiger partial charge in [-0.25, -0.2) is 4.98 Å². The van der Waals surface area contributed by atoms with Crippen molar-refractivity contribution in [2.24, 2.45) is 0 Å². The highest BCUT2D eigenvalue weighted by atomic mass is 16.4. The lowest BCUT2D eigenvalue weighted by Crippen LogP contribution is -2.29. The molecule has 1 unspecified atom stereocenters. The Morgan fingerprint density at radius 2 is 1.81 bits per heavy atom. The third-order valence-corrected chi connectivity index (χ3v) is 5.54. The largest absolute Gasteiger partial charge is 0.481 e. The molecule has 6 heteroatoms. The molecule has 2 N–H and O–H groups in total. The van der Waals surface area contributed by atoms with Crippen molar-refractivity contribution in [3.8, 4) is 0 Å². The van der Waals surface area contributed by atoms with Gasteiger partial charge >= 0.3 is 5.97 Å². The highest BCUT2D eigenvalue weighted by Crippen LogP contribution is 2.22. The van der Waals surface area contributed by atoms with Crippen LogP contribution in [-0.2, 0) is 11.2 Å². The fraction of sp³-hybridized carbons (Fsp3) is 0.400. The number of hydrogen-bond acceptors (Lipinski definition) is 3. The molecule has 0 radical (unpaired) electrons. The first-order chi connectivity index (χ1) is 15.1. The highest BCUT2D eigenvalue weighted by molar-refractivity contribution is 5.93. The molecule has 0 bridgehead atoms. The topological polar surface area (TPSA) is 83.7 Å². The Morgan fingerprint density at radius 3 is 2.55 bits per heavy atom. The van der Waals surface area contributed by atoms with E-state index in [9.17, 15) is 9.59 Å². The summed E-state index contributed by atoms with van der Waals surface area (Å²) in [4.78, 5) is 28.3. The van der Waals surface area contributed by atoms with Gasteiger partial charge in [0.05, 0.1) is 12.1 Å². The predicted molar refractivity (Wildman–Crippen MR) is 121 cm³/mol. The Hall–Kier alpha value is -3.15. The number of rotatable bonds is 12. The van der Waals surface area contributed by atoms with Crippen LogP contribution in [0.25, 0.3) is 5.65 Å². The number of benzene rings is 1. The first-order valence-electron chi connectivity index (χ1n) is 11.1. The minimum Gasteiger partial charge on any atom is -0.481 e. The van der Waals surface area contributed by atoms with Crippen molar-refractivity contribution < 1.29 is 14.7 Å². The molecule has 3 rings (SSSR count). The molecule has 0 aliphatic heterocycles. The molecule has 0 spiro atoms. The van der Waals surface area contributed by atoms with Gasteiger partial charge in [0.25, 0.3) is 5.91 Å². The Balaban J connectivity index is 1.68. The molecule has 1 atom stereocenters. The zero-order valence-corrected chi connectivity index (χ0v) is 18.1. The molecular weight excluding hydrogens is 390 g/mol. The summed E-state index contributed by atoms with van der Waals surface area (Å²) in [5, 5.41) is 12.1. The van der Waals surface area contributed by atoms with E-state index in [4.69, 9.17) is 5.11 Å². The van der Waals surface area contributed by atoms with Gasteiger partial charge in [0.15, 0.2) is 0 Å². The average Bonchev–Trinajstić information content (AvgIpc) is 3.17. The van der Waals surface area contributed by atoms with Gasteiger partial charge in [0, 0.05) is 18.7 Å². The summed E-state index contributed by atoms with van der Waals surface area (Å²) in [6, 6.07) is 15.6. The van der Waals surface area contributed by atoms with Gasteiger partial charge in [0.2, 0.25) is 0 Å². The molecule has 0 saturated heterocycles. The highest BCUT2D eigenvalue weighted by Gasteiger charge is 2.16. The van der Waals surface area contributed by atoms with Crippen LogP contribution in [0.4, 0.5) is 0 Å². The zero-order valence-electron chi connectivity index (χ0n) is 18.1. The normalized spacial score (nSPS) is 12.0. The minimum absolute atomic E-state index is 0.170. The molecule has 0 aliphatic rings. The molecule has 0 saturated carbocycles. The van der Waals surface area contributed by atoms with E-state index in [-0.39, 0.29) is 18.2 Å². The first-order valence-corrected chi connectivity index (χ1v) is 11.1. The number of nitrogens with zero attached hydrogens (tertiary/aromatic N) is 2. The number of aliphatic carboxylic acids is 1. The molecule has 1 amide bonds. The van der Waals surface area contributed by atoms with Gasteiger partial charge in [-0.2, -0.15) is 0 Å². The molecule has 0 fully saturated rings. The molecule has 3 aromatic rings. The molecular formula is C25H31N3O3. The Morgan fingerprint density at radius 1 is 1.03 bits per heavy atom. The summed E-state index contributed by atoms with van der Waals surface area (Å²) in [5.41, 5.74) is 2.70. The number of nitrogens with one attached hydrogen (secondary N) is 1. The van der Waals surface area contributed by atoms with E-state index in [1.165, 1.54) is 31.2 Å². The molecule has 6 nitrogen and oxygen atoms in total. The van der Waals surface area contributed by atoms with Crippen LogP contribution in [0.5, 0.6) is 0 Å². The Labute approximate surface area is 183 Å². The number of carbonyl (C=O) groups excluding carboxylic acids is 1. The predicted octanol–water partition coefficient (Wildman–Crippen LogP) is 4.84. The number of pyridine rings is 1. The molecule has 1 aromatic carbocycles. The van der Waals surface area contributed by atoms with Crippen LogP contribution in [-0.4, -0.2) is 32.9 Å². The summed E-state index contributed by atoms with van der Waals surface area (Å²) < 4.78 is 1.66. The lowest BCUT2D eigenvalue weighted by Gasteiger charge is -2.18. The van der Waals surface area contributed by atoms with Crippen LogP contribution in [0.3, 0.4) is 0 Å². The van der Waals surface area contributed by atoms with Gasteiger partial charge in [-0.15, -0.1) is 0 Å². The smallest absolute Gasteiger partial charge is 0.309 e. The lowest BCUT2D eigenvalue weighted by atomic mass is 9.92. The van der Waals surface area contributed by atoms with Gasteiger partial charge in [-0.1, -0.05) is 75.4 Å². The van der Waals surface area contributed by atoms with Crippen LogP contribution >= 0.6 is 0 Å². The Kier molecular flexibility index (Phi) is 8.21. The summed E-state index contributed by atoms with van der Waals surface area (Å²) in [6.45, 7) is 2.78. The van der Waals surface area contributed by atoms with Crippen molar-refractivity contribution in [3.63, 3.8) is 0 Å². The van der Waals surface area contributed by atoms with E-state index in [0.29, 0.717) is 23.6 Å². The van der Waals surface area contributed by atoms with Gasteiger partial charge < -0.3 is 10.4 Å². The summed E-state index contributed by atoms with van der Waals surface area (Å²) in [6.07, 6.45) is 8.60. The van der Waals surface area contributed by atoms with Crippen molar-refractivity contribution in [2.45, 2.75) is 57.8 Å². The fourth-order valence-corrected chi connectivity index (χ4v) is 3.90. The van der Waals surface area contributed by atoms with Gasteiger partial charge in [-0.3, -0.25) is 14.0 Å². The monoisotopic (exact) mass is 421 g/mol. The summed E-state index contributed by atoms with van der Waals surface area (Å²) >= 11 is 0. The fourth-order valence-electron chi connectivity index (χ4n) is 3.90. The quantitative estimate of drug-likeness (QED) is 0.410. The van der Waals surface area contributed by atoms with Crippen molar-refractivity contribution in [1.29, 1.82) is 0 Å². The third-order valence-electron chi connectivity index (χ3n) is 5.54. The summed E-state index contributed by atoms with van der Waals surface area (Å²) in [5.74, 6) is -0.868. The number of unbranched alkanes of at least 4 members (excludes halogenated alkanes) is 4. The van der Waals surface area contributed by atoms with Crippen LogP contribution < -0.4 is 5.32 Å². The zero-order chi connectivity index (χ0) is 22.1. The van der Waals surface area contributed by atoms with Gasteiger partial charge in [-0.05, 0) is 24.1 Å². The standard InChI is InChI=1S/C25H31N3O3/c1-2-3-4-5-7-13-20(19-11-8-6-9-12-19)17-26-25(31)22-14-10-15-23-27-21(16-24(29)30)18-28(22)23/h6,8-12,14-15,18,20H,2-5,7,13,16-17H2,1H3,(H,26,31)(H,29,30).